The van der Waals surface area contributed by atoms with Crippen molar-refractivity contribution < 1.29 is 8.42 Å². The van der Waals surface area contributed by atoms with Crippen LogP contribution < -0.4 is 4.72 Å². The zero-order valence-electron chi connectivity index (χ0n) is 10.2. The maximum Gasteiger partial charge on any atom is 0.240 e. The Bertz CT molecular complexity index is 440. The van der Waals surface area contributed by atoms with E-state index in [0.29, 0.717) is 10.6 Å². The summed E-state index contributed by atoms with van der Waals surface area (Å²) in [6.07, 6.45) is 2.03. The molecule has 0 amide bonds. The standard InChI is InChI=1S/C12H19NO2S2/c1-3-4-11-5-7-12(8-6-11)17(14,15)13-10(2)9-16/h5-8,10,13,16H,3-4,9H2,1-2H3/t10-/m1/s1. The van der Waals surface area contributed by atoms with Crippen molar-refractivity contribution in [3.8, 4) is 0 Å². The Morgan fingerprint density at radius 3 is 2.35 bits per heavy atom. The molecule has 1 rings (SSSR count). The molecule has 96 valence electrons. The summed E-state index contributed by atoms with van der Waals surface area (Å²) in [6, 6.07) is 6.86. The van der Waals surface area contributed by atoms with Gasteiger partial charge in [0, 0.05) is 11.8 Å². The third-order valence-electron chi connectivity index (χ3n) is 2.40. The average Bonchev–Trinajstić information content (AvgIpc) is 2.29. The molecule has 0 aliphatic carbocycles. The van der Waals surface area contributed by atoms with Crippen molar-refractivity contribution in [2.24, 2.45) is 0 Å². The van der Waals surface area contributed by atoms with Gasteiger partial charge in [0.15, 0.2) is 0 Å². The van der Waals surface area contributed by atoms with E-state index >= 15 is 0 Å². The van der Waals surface area contributed by atoms with Gasteiger partial charge in [-0.3, -0.25) is 0 Å². The lowest BCUT2D eigenvalue weighted by atomic mass is 10.1. The number of nitrogens with one attached hydrogen (secondary N) is 1. The topological polar surface area (TPSA) is 46.2 Å². The van der Waals surface area contributed by atoms with Gasteiger partial charge >= 0.3 is 0 Å². The van der Waals surface area contributed by atoms with Crippen LogP contribution in [-0.4, -0.2) is 20.2 Å². The predicted molar refractivity (Wildman–Crippen MR) is 74.1 cm³/mol. The first-order valence-electron chi connectivity index (χ1n) is 5.71. The van der Waals surface area contributed by atoms with Crippen LogP contribution in [0.25, 0.3) is 0 Å². The van der Waals surface area contributed by atoms with E-state index in [-0.39, 0.29) is 6.04 Å². The smallest absolute Gasteiger partial charge is 0.208 e. The van der Waals surface area contributed by atoms with Crippen molar-refractivity contribution in [3.05, 3.63) is 29.8 Å². The highest BCUT2D eigenvalue weighted by Crippen LogP contribution is 2.12. The highest BCUT2D eigenvalue weighted by molar-refractivity contribution is 7.89. The molecule has 0 bridgehead atoms. The summed E-state index contributed by atoms with van der Waals surface area (Å²) in [5.41, 5.74) is 1.16. The van der Waals surface area contributed by atoms with Gasteiger partial charge in [0.1, 0.15) is 0 Å². The summed E-state index contributed by atoms with van der Waals surface area (Å²) in [5, 5.41) is 0. The van der Waals surface area contributed by atoms with E-state index in [1.807, 2.05) is 12.1 Å². The quantitative estimate of drug-likeness (QED) is 0.781. The fraction of sp³-hybridized carbons (Fsp3) is 0.500. The van der Waals surface area contributed by atoms with E-state index < -0.39 is 10.0 Å². The highest BCUT2D eigenvalue weighted by atomic mass is 32.2. The van der Waals surface area contributed by atoms with E-state index in [1.54, 1.807) is 19.1 Å². The van der Waals surface area contributed by atoms with E-state index in [4.69, 9.17) is 0 Å². The summed E-state index contributed by atoms with van der Waals surface area (Å²) in [5.74, 6) is 0.479. The third kappa shape index (κ3) is 4.33. The normalized spacial score (nSPS) is 13.6. The molecule has 17 heavy (non-hydrogen) atoms. The summed E-state index contributed by atoms with van der Waals surface area (Å²) in [6.45, 7) is 3.89. The van der Waals surface area contributed by atoms with Crippen LogP contribution in [0.4, 0.5) is 0 Å². The summed E-state index contributed by atoms with van der Waals surface area (Å²) < 4.78 is 26.4. The first kappa shape index (κ1) is 14.5. The van der Waals surface area contributed by atoms with Crippen LogP contribution in [0.15, 0.2) is 29.2 Å². The fourth-order valence-electron chi connectivity index (χ4n) is 1.49. The molecule has 1 atom stereocenters. The Morgan fingerprint density at radius 1 is 1.29 bits per heavy atom. The summed E-state index contributed by atoms with van der Waals surface area (Å²) in [4.78, 5) is 0.311. The van der Waals surface area contributed by atoms with Crippen LogP contribution in [0.1, 0.15) is 25.8 Å². The van der Waals surface area contributed by atoms with Gasteiger partial charge in [0.2, 0.25) is 10.0 Å². The fourth-order valence-corrected chi connectivity index (χ4v) is 2.95. The molecule has 0 aliphatic heterocycles. The molecule has 1 aromatic carbocycles. The van der Waals surface area contributed by atoms with E-state index in [1.165, 1.54) is 0 Å². The number of benzene rings is 1. The lowest BCUT2D eigenvalue weighted by Crippen LogP contribution is -2.33. The molecule has 0 saturated heterocycles. The SMILES string of the molecule is CCCc1ccc(S(=O)(=O)N[C@H](C)CS)cc1. The maximum absolute atomic E-state index is 11.9. The Morgan fingerprint density at radius 2 is 1.88 bits per heavy atom. The second-order valence-corrected chi connectivity index (χ2v) is 6.18. The molecule has 1 aromatic rings. The Kier molecular flexibility index (Phi) is 5.49. The van der Waals surface area contributed by atoms with E-state index in [9.17, 15) is 8.42 Å². The van der Waals surface area contributed by atoms with Crippen molar-refractivity contribution in [1.29, 1.82) is 0 Å². The molecule has 0 fully saturated rings. The lowest BCUT2D eigenvalue weighted by Gasteiger charge is -2.12. The lowest BCUT2D eigenvalue weighted by molar-refractivity contribution is 0.571. The van der Waals surface area contributed by atoms with Crippen LogP contribution in [0.5, 0.6) is 0 Å². The second-order valence-electron chi connectivity index (χ2n) is 4.10. The molecule has 3 nitrogen and oxygen atoms in total. The van der Waals surface area contributed by atoms with Gasteiger partial charge in [-0.2, -0.15) is 12.6 Å². The molecular weight excluding hydrogens is 254 g/mol. The van der Waals surface area contributed by atoms with Gasteiger partial charge in [-0.25, -0.2) is 13.1 Å². The Labute approximate surface area is 109 Å². The van der Waals surface area contributed by atoms with Gasteiger partial charge in [0.05, 0.1) is 4.90 Å². The van der Waals surface area contributed by atoms with Crippen LogP contribution >= 0.6 is 12.6 Å². The van der Waals surface area contributed by atoms with Crippen molar-refractivity contribution in [2.75, 3.05) is 5.75 Å². The van der Waals surface area contributed by atoms with Crippen molar-refractivity contribution in [2.45, 2.75) is 37.6 Å². The van der Waals surface area contributed by atoms with Crippen LogP contribution in [0.3, 0.4) is 0 Å². The van der Waals surface area contributed by atoms with Crippen LogP contribution in [0.2, 0.25) is 0 Å². The second kappa shape index (κ2) is 6.42. The first-order valence-corrected chi connectivity index (χ1v) is 7.83. The van der Waals surface area contributed by atoms with Crippen molar-refractivity contribution in [3.63, 3.8) is 0 Å². The molecule has 0 radical (unpaired) electrons. The molecule has 0 heterocycles. The monoisotopic (exact) mass is 273 g/mol. The zero-order chi connectivity index (χ0) is 12.9. The first-order chi connectivity index (χ1) is 7.99. The molecule has 0 aliphatic rings. The molecule has 1 N–H and O–H groups in total. The predicted octanol–water partition coefficient (Wildman–Crippen LogP) is 2.24. The highest BCUT2D eigenvalue weighted by Gasteiger charge is 2.16. The average molecular weight is 273 g/mol. The molecule has 5 heteroatoms. The minimum Gasteiger partial charge on any atom is -0.208 e. The third-order valence-corrected chi connectivity index (χ3v) is 4.56. The van der Waals surface area contributed by atoms with Gasteiger partial charge in [-0.05, 0) is 31.0 Å². The number of hydrogen-bond acceptors (Lipinski definition) is 3. The van der Waals surface area contributed by atoms with Crippen molar-refractivity contribution >= 4 is 22.7 Å². The number of hydrogen-bond donors (Lipinski definition) is 2. The van der Waals surface area contributed by atoms with E-state index in [0.717, 1.165) is 18.4 Å². The Balaban J connectivity index is 2.85. The molecule has 0 aromatic heterocycles. The Hall–Kier alpha value is -0.520. The van der Waals surface area contributed by atoms with Crippen LogP contribution in [-0.2, 0) is 16.4 Å². The molecular formula is C12H19NO2S2. The molecule has 0 unspecified atom stereocenters. The minimum atomic E-state index is -3.40. The zero-order valence-corrected chi connectivity index (χ0v) is 11.9. The number of sulfonamides is 1. The number of rotatable bonds is 6. The van der Waals surface area contributed by atoms with E-state index in [2.05, 4.69) is 24.3 Å². The summed E-state index contributed by atoms with van der Waals surface area (Å²) in [7, 11) is -3.40. The summed E-state index contributed by atoms with van der Waals surface area (Å²) >= 11 is 4.06. The van der Waals surface area contributed by atoms with Gasteiger partial charge in [-0.15, -0.1) is 0 Å². The van der Waals surface area contributed by atoms with Gasteiger partial charge < -0.3 is 0 Å². The van der Waals surface area contributed by atoms with Crippen molar-refractivity contribution in [1.82, 2.24) is 4.72 Å². The largest absolute Gasteiger partial charge is 0.240 e. The molecule has 0 spiro atoms. The van der Waals surface area contributed by atoms with Gasteiger partial charge in [0.25, 0.3) is 0 Å². The van der Waals surface area contributed by atoms with Crippen LogP contribution in [0, 0.1) is 0 Å². The maximum atomic E-state index is 11.9. The number of thiol groups is 1. The number of aryl methyl sites for hydroxylation is 1. The molecule has 0 saturated carbocycles. The van der Waals surface area contributed by atoms with Gasteiger partial charge in [-0.1, -0.05) is 25.5 Å². The minimum absolute atomic E-state index is 0.168.